The highest BCUT2D eigenvalue weighted by Crippen LogP contribution is 2.19. The molecular weight excluding hydrogens is 214 g/mol. The van der Waals surface area contributed by atoms with Crippen molar-refractivity contribution in [3.05, 3.63) is 39.9 Å². The van der Waals surface area contributed by atoms with Gasteiger partial charge in [-0.25, -0.2) is 0 Å². The molecule has 0 spiro atoms. The molecule has 0 radical (unpaired) electrons. The maximum absolute atomic E-state index is 11.5. The van der Waals surface area contributed by atoms with Crippen molar-refractivity contribution >= 4 is 17.4 Å². The van der Waals surface area contributed by atoms with Gasteiger partial charge >= 0.3 is 5.97 Å². The Hall–Kier alpha value is -2.24. The van der Waals surface area contributed by atoms with Gasteiger partial charge in [-0.3, -0.25) is 19.7 Å². The number of carbonyl (C=O) groups is 2. The quantitative estimate of drug-likeness (QED) is 0.253. The Bertz CT molecular complexity index is 441. The number of esters is 1. The third kappa shape index (κ3) is 2.63. The summed E-state index contributed by atoms with van der Waals surface area (Å²) in [6.07, 6.45) is -0.499. The molecule has 0 N–H and O–H groups in total. The standard InChI is InChI=1S/C10H9NO5/c1-16-10(13)6-9(12)7-4-2-3-5-8(7)11(14)15/h2-5H,6H2,1H3. The number of ketones is 1. The van der Waals surface area contributed by atoms with Gasteiger partial charge in [0.05, 0.1) is 17.6 Å². The lowest BCUT2D eigenvalue weighted by Gasteiger charge is -2.00. The van der Waals surface area contributed by atoms with Gasteiger partial charge in [-0.2, -0.15) is 0 Å². The Kier molecular flexibility index (Phi) is 3.71. The van der Waals surface area contributed by atoms with Gasteiger partial charge in [0.1, 0.15) is 6.42 Å². The molecule has 0 bridgehead atoms. The molecule has 0 heterocycles. The predicted molar refractivity (Wildman–Crippen MR) is 54.1 cm³/mol. The molecule has 0 unspecified atom stereocenters. The van der Waals surface area contributed by atoms with Gasteiger partial charge in [0.25, 0.3) is 5.69 Å². The number of ether oxygens (including phenoxy) is 1. The first-order valence-corrected chi connectivity index (χ1v) is 4.39. The molecule has 1 rings (SSSR count). The zero-order valence-electron chi connectivity index (χ0n) is 8.50. The second-order valence-corrected chi connectivity index (χ2v) is 2.95. The topological polar surface area (TPSA) is 86.5 Å². The average Bonchev–Trinajstić information content (AvgIpc) is 2.28. The fourth-order valence-electron chi connectivity index (χ4n) is 1.17. The highest BCUT2D eigenvalue weighted by Gasteiger charge is 2.21. The van der Waals surface area contributed by atoms with Crippen LogP contribution in [0.2, 0.25) is 0 Å². The normalized spacial score (nSPS) is 9.56. The van der Waals surface area contributed by atoms with E-state index in [1.165, 1.54) is 24.3 Å². The van der Waals surface area contributed by atoms with Gasteiger partial charge in [-0.1, -0.05) is 12.1 Å². The molecular formula is C10H9NO5. The van der Waals surface area contributed by atoms with E-state index in [-0.39, 0.29) is 11.3 Å². The third-order valence-corrected chi connectivity index (χ3v) is 1.93. The van der Waals surface area contributed by atoms with Crippen molar-refractivity contribution in [1.82, 2.24) is 0 Å². The van der Waals surface area contributed by atoms with Crippen LogP contribution in [-0.2, 0) is 9.53 Å². The van der Waals surface area contributed by atoms with Crippen LogP contribution >= 0.6 is 0 Å². The van der Waals surface area contributed by atoms with E-state index in [1.807, 2.05) is 0 Å². The number of methoxy groups -OCH3 is 1. The van der Waals surface area contributed by atoms with E-state index in [1.54, 1.807) is 0 Å². The molecule has 0 atom stereocenters. The molecule has 0 aliphatic rings. The van der Waals surface area contributed by atoms with Gasteiger partial charge in [0.2, 0.25) is 0 Å². The molecule has 84 valence electrons. The molecule has 1 aromatic rings. The maximum atomic E-state index is 11.5. The van der Waals surface area contributed by atoms with Crippen LogP contribution in [0.15, 0.2) is 24.3 Å². The smallest absolute Gasteiger partial charge is 0.313 e. The van der Waals surface area contributed by atoms with Crippen LogP contribution in [0.5, 0.6) is 0 Å². The molecule has 6 heteroatoms. The zero-order chi connectivity index (χ0) is 12.1. The summed E-state index contributed by atoms with van der Waals surface area (Å²) in [6, 6.07) is 5.47. The molecule has 6 nitrogen and oxygen atoms in total. The Morgan fingerprint density at radius 3 is 2.56 bits per heavy atom. The molecule has 16 heavy (non-hydrogen) atoms. The number of hydrogen-bond acceptors (Lipinski definition) is 5. The number of hydrogen-bond donors (Lipinski definition) is 0. The zero-order valence-corrected chi connectivity index (χ0v) is 8.50. The van der Waals surface area contributed by atoms with E-state index < -0.39 is 23.1 Å². The highest BCUT2D eigenvalue weighted by molar-refractivity contribution is 6.08. The molecule has 0 fully saturated rings. The summed E-state index contributed by atoms with van der Waals surface area (Å²) in [4.78, 5) is 32.4. The molecule has 1 aromatic carbocycles. The van der Waals surface area contributed by atoms with Crippen molar-refractivity contribution in [1.29, 1.82) is 0 Å². The summed E-state index contributed by atoms with van der Waals surface area (Å²) < 4.78 is 4.31. The van der Waals surface area contributed by atoms with Gasteiger partial charge in [-0.05, 0) is 6.07 Å². The van der Waals surface area contributed by atoms with Crippen LogP contribution in [0.25, 0.3) is 0 Å². The minimum atomic E-state index is -0.719. The predicted octanol–water partition coefficient (Wildman–Crippen LogP) is 1.34. The number of para-hydroxylation sites is 1. The monoisotopic (exact) mass is 223 g/mol. The van der Waals surface area contributed by atoms with E-state index in [0.717, 1.165) is 7.11 Å². The lowest BCUT2D eigenvalue weighted by molar-refractivity contribution is -0.385. The van der Waals surface area contributed by atoms with Crippen LogP contribution in [0, 0.1) is 10.1 Å². The first kappa shape index (κ1) is 11.8. The summed E-state index contributed by atoms with van der Waals surface area (Å²) in [6.45, 7) is 0. The van der Waals surface area contributed by atoms with Gasteiger partial charge in [0.15, 0.2) is 5.78 Å². The summed E-state index contributed by atoms with van der Waals surface area (Å²) >= 11 is 0. The Balaban J connectivity index is 2.99. The molecule has 0 aromatic heterocycles. The maximum Gasteiger partial charge on any atom is 0.313 e. The van der Waals surface area contributed by atoms with Crippen molar-refractivity contribution < 1.29 is 19.2 Å². The summed E-state index contributed by atoms with van der Waals surface area (Å²) in [5, 5.41) is 10.6. The van der Waals surface area contributed by atoms with Crippen LogP contribution < -0.4 is 0 Å². The van der Waals surface area contributed by atoms with Gasteiger partial charge in [-0.15, -0.1) is 0 Å². The Morgan fingerprint density at radius 2 is 2.00 bits per heavy atom. The number of nitro benzene ring substituents is 1. The number of benzene rings is 1. The largest absolute Gasteiger partial charge is 0.469 e. The van der Waals surface area contributed by atoms with E-state index in [9.17, 15) is 19.7 Å². The Morgan fingerprint density at radius 1 is 1.38 bits per heavy atom. The van der Waals surface area contributed by atoms with E-state index in [0.29, 0.717) is 0 Å². The second kappa shape index (κ2) is 5.01. The number of carbonyl (C=O) groups excluding carboxylic acids is 2. The fraction of sp³-hybridized carbons (Fsp3) is 0.200. The molecule has 0 saturated carbocycles. The SMILES string of the molecule is COC(=O)CC(=O)c1ccccc1[N+](=O)[O-]. The van der Waals surface area contributed by atoms with Crippen molar-refractivity contribution in [3.8, 4) is 0 Å². The summed E-state index contributed by atoms with van der Waals surface area (Å²) in [7, 11) is 1.15. The van der Waals surface area contributed by atoms with Crippen LogP contribution in [0.1, 0.15) is 16.8 Å². The second-order valence-electron chi connectivity index (χ2n) is 2.95. The third-order valence-electron chi connectivity index (χ3n) is 1.93. The van der Waals surface area contributed by atoms with Crippen LogP contribution in [-0.4, -0.2) is 23.8 Å². The minimum Gasteiger partial charge on any atom is -0.469 e. The lowest BCUT2D eigenvalue weighted by Crippen LogP contribution is -2.11. The van der Waals surface area contributed by atoms with E-state index >= 15 is 0 Å². The first-order chi connectivity index (χ1) is 7.56. The van der Waals surface area contributed by atoms with Gasteiger partial charge < -0.3 is 4.74 Å². The minimum absolute atomic E-state index is 0.0853. The molecule has 0 saturated heterocycles. The fourth-order valence-corrected chi connectivity index (χ4v) is 1.17. The summed E-state index contributed by atoms with van der Waals surface area (Å²) in [5.41, 5.74) is -0.394. The molecule has 0 aliphatic heterocycles. The van der Waals surface area contributed by atoms with Crippen molar-refractivity contribution in [3.63, 3.8) is 0 Å². The number of rotatable bonds is 4. The number of nitrogens with zero attached hydrogens (tertiary/aromatic N) is 1. The lowest BCUT2D eigenvalue weighted by atomic mass is 10.1. The van der Waals surface area contributed by atoms with Crippen molar-refractivity contribution in [2.75, 3.05) is 7.11 Å². The molecule has 0 amide bonds. The summed E-state index contributed by atoms with van der Waals surface area (Å²) in [5.74, 6) is -1.35. The number of nitro groups is 1. The first-order valence-electron chi connectivity index (χ1n) is 4.39. The molecule has 0 aliphatic carbocycles. The van der Waals surface area contributed by atoms with E-state index in [4.69, 9.17) is 0 Å². The average molecular weight is 223 g/mol. The van der Waals surface area contributed by atoms with Crippen molar-refractivity contribution in [2.45, 2.75) is 6.42 Å². The highest BCUT2D eigenvalue weighted by atomic mass is 16.6. The van der Waals surface area contributed by atoms with Crippen LogP contribution in [0.3, 0.4) is 0 Å². The Labute approximate surface area is 91.0 Å². The number of Topliss-reactive ketones (excluding diaryl/α,β-unsaturated/α-hetero) is 1. The van der Waals surface area contributed by atoms with Crippen molar-refractivity contribution in [2.24, 2.45) is 0 Å². The van der Waals surface area contributed by atoms with Gasteiger partial charge in [0, 0.05) is 6.07 Å². The van der Waals surface area contributed by atoms with Crippen LogP contribution in [0.4, 0.5) is 5.69 Å². The van der Waals surface area contributed by atoms with E-state index in [2.05, 4.69) is 4.74 Å².